The monoisotopic (exact) mass is 367 g/mol. The minimum Gasteiger partial charge on any atom is -0.494 e. The van der Waals surface area contributed by atoms with Crippen LogP contribution < -0.4 is 10.1 Å². The van der Waals surface area contributed by atoms with Gasteiger partial charge in [-0.3, -0.25) is 4.79 Å². The number of aromatic nitrogens is 2. The minimum absolute atomic E-state index is 0.106. The second-order valence-electron chi connectivity index (χ2n) is 6.43. The molecule has 27 heavy (non-hydrogen) atoms. The number of carbonyl (C=O) groups excluding carboxylic acids is 1. The van der Waals surface area contributed by atoms with E-state index in [-0.39, 0.29) is 23.3 Å². The Kier molecular flexibility index (Phi) is 5.26. The third-order valence-corrected chi connectivity index (χ3v) is 4.62. The van der Waals surface area contributed by atoms with Crippen LogP contribution in [0.5, 0.6) is 5.75 Å². The number of hydrogen-bond acceptors (Lipinski definition) is 3. The Morgan fingerprint density at radius 2 is 1.96 bits per heavy atom. The lowest BCUT2D eigenvalue weighted by atomic mass is 10.1. The number of benzene rings is 2. The number of amides is 1. The number of nitrogens with one attached hydrogen (secondary N) is 1. The van der Waals surface area contributed by atoms with E-state index in [1.807, 2.05) is 49.7 Å². The lowest BCUT2D eigenvalue weighted by molar-refractivity contribution is 0.0939. The van der Waals surface area contributed by atoms with Crippen LogP contribution >= 0.6 is 0 Å². The molecule has 6 heteroatoms. The number of nitrogens with zero attached hydrogens (tertiary/aromatic N) is 2. The molecule has 1 heterocycles. The van der Waals surface area contributed by atoms with E-state index in [0.29, 0.717) is 0 Å². The first kappa shape index (κ1) is 18.6. The van der Waals surface area contributed by atoms with Crippen molar-refractivity contribution in [2.24, 2.45) is 0 Å². The summed E-state index contributed by atoms with van der Waals surface area (Å²) in [5.41, 5.74) is 4.19. The summed E-state index contributed by atoms with van der Waals surface area (Å²) in [7, 11) is 1.38. The summed E-state index contributed by atoms with van der Waals surface area (Å²) in [4.78, 5) is 12.5. The van der Waals surface area contributed by atoms with Crippen molar-refractivity contribution in [3.8, 4) is 11.4 Å². The molecule has 0 aliphatic rings. The SMILES string of the molecule is COc1ccc(C(=O)N[C@H](C)c2cnn(-c3ccccc3C)c2C)cc1F. The molecular weight excluding hydrogens is 345 g/mol. The van der Waals surface area contributed by atoms with Gasteiger partial charge in [0.05, 0.1) is 25.0 Å². The molecular formula is C21H22FN3O2. The van der Waals surface area contributed by atoms with E-state index in [1.165, 1.54) is 25.3 Å². The highest BCUT2D eigenvalue weighted by Crippen LogP contribution is 2.23. The van der Waals surface area contributed by atoms with Crippen LogP contribution in [0.15, 0.2) is 48.7 Å². The van der Waals surface area contributed by atoms with Crippen LogP contribution in [0.3, 0.4) is 0 Å². The number of ether oxygens (including phenoxy) is 1. The molecule has 3 rings (SSSR count). The summed E-state index contributed by atoms with van der Waals surface area (Å²) in [6, 6.07) is 11.8. The van der Waals surface area contributed by atoms with Crippen molar-refractivity contribution >= 4 is 5.91 Å². The van der Waals surface area contributed by atoms with Crippen LogP contribution in [0.4, 0.5) is 4.39 Å². The molecule has 1 aromatic heterocycles. The van der Waals surface area contributed by atoms with Crippen molar-refractivity contribution in [2.45, 2.75) is 26.8 Å². The van der Waals surface area contributed by atoms with E-state index in [2.05, 4.69) is 10.4 Å². The van der Waals surface area contributed by atoms with Gasteiger partial charge >= 0.3 is 0 Å². The van der Waals surface area contributed by atoms with Crippen LogP contribution in [-0.4, -0.2) is 22.8 Å². The topological polar surface area (TPSA) is 56.1 Å². The molecule has 0 spiro atoms. The zero-order chi connectivity index (χ0) is 19.6. The average Bonchev–Trinajstić information content (AvgIpc) is 3.03. The third-order valence-electron chi connectivity index (χ3n) is 4.62. The molecule has 0 saturated carbocycles. The van der Waals surface area contributed by atoms with Crippen LogP contribution in [0, 0.1) is 19.7 Å². The van der Waals surface area contributed by atoms with Crippen molar-refractivity contribution in [1.82, 2.24) is 15.1 Å². The number of para-hydroxylation sites is 1. The van der Waals surface area contributed by atoms with Crippen LogP contribution in [0.1, 0.15) is 40.1 Å². The maximum atomic E-state index is 13.8. The highest BCUT2D eigenvalue weighted by molar-refractivity contribution is 5.94. The molecule has 0 aliphatic heterocycles. The van der Waals surface area contributed by atoms with Crippen LogP contribution in [0.2, 0.25) is 0 Å². The van der Waals surface area contributed by atoms with Gasteiger partial charge in [-0.2, -0.15) is 5.10 Å². The first-order chi connectivity index (χ1) is 12.9. The molecule has 3 aromatic rings. The quantitative estimate of drug-likeness (QED) is 0.738. The summed E-state index contributed by atoms with van der Waals surface area (Å²) in [6.07, 6.45) is 1.75. The molecule has 0 fully saturated rings. The molecule has 1 amide bonds. The summed E-state index contributed by atoms with van der Waals surface area (Å²) >= 11 is 0. The second kappa shape index (κ2) is 7.61. The predicted octanol–water partition coefficient (Wildman–Crippen LogP) is 4.13. The van der Waals surface area contributed by atoms with Crippen LogP contribution in [0.25, 0.3) is 5.69 Å². The lowest BCUT2D eigenvalue weighted by Crippen LogP contribution is -2.27. The van der Waals surface area contributed by atoms with Crippen molar-refractivity contribution in [3.05, 3.63) is 76.9 Å². The van der Waals surface area contributed by atoms with Crippen molar-refractivity contribution < 1.29 is 13.9 Å². The number of hydrogen-bond donors (Lipinski definition) is 1. The van der Waals surface area contributed by atoms with Crippen molar-refractivity contribution in [3.63, 3.8) is 0 Å². The normalized spacial score (nSPS) is 11.9. The van der Waals surface area contributed by atoms with Gasteiger partial charge < -0.3 is 10.1 Å². The van der Waals surface area contributed by atoms with Gasteiger partial charge in [0, 0.05) is 16.8 Å². The molecule has 1 atom stereocenters. The Labute approximate surface area is 157 Å². The molecule has 0 saturated heterocycles. The van der Waals surface area contributed by atoms with Gasteiger partial charge in [-0.15, -0.1) is 0 Å². The Morgan fingerprint density at radius 3 is 2.63 bits per heavy atom. The van der Waals surface area contributed by atoms with Gasteiger partial charge in [0.1, 0.15) is 0 Å². The van der Waals surface area contributed by atoms with E-state index in [1.54, 1.807) is 6.20 Å². The molecule has 5 nitrogen and oxygen atoms in total. The lowest BCUT2D eigenvalue weighted by Gasteiger charge is -2.15. The summed E-state index contributed by atoms with van der Waals surface area (Å²) in [5.74, 6) is -0.816. The molecule has 140 valence electrons. The highest BCUT2D eigenvalue weighted by atomic mass is 19.1. The zero-order valence-corrected chi connectivity index (χ0v) is 15.8. The van der Waals surface area contributed by atoms with Crippen molar-refractivity contribution in [2.75, 3.05) is 7.11 Å². The summed E-state index contributed by atoms with van der Waals surface area (Å²) < 4.78 is 20.6. The maximum Gasteiger partial charge on any atom is 0.251 e. The fraction of sp³-hybridized carbons (Fsp3) is 0.238. The fourth-order valence-electron chi connectivity index (χ4n) is 3.06. The van der Waals surface area contributed by atoms with E-state index in [9.17, 15) is 9.18 Å². The van der Waals surface area contributed by atoms with Gasteiger partial charge in [0.2, 0.25) is 0 Å². The first-order valence-electron chi connectivity index (χ1n) is 8.67. The maximum absolute atomic E-state index is 13.8. The smallest absolute Gasteiger partial charge is 0.251 e. The summed E-state index contributed by atoms with van der Waals surface area (Å²) in [6.45, 7) is 5.87. The Bertz CT molecular complexity index is 981. The van der Waals surface area contributed by atoms with Gasteiger partial charge in [0.15, 0.2) is 11.6 Å². The standard InChI is InChI=1S/C21H22FN3O2/c1-13-7-5-6-8-19(13)25-15(3)17(12-23-25)14(2)24-21(26)16-9-10-20(27-4)18(22)11-16/h5-12,14H,1-4H3,(H,24,26)/t14-/m1/s1. The molecule has 0 aliphatic carbocycles. The Morgan fingerprint density at radius 1 is 1.22 bits per heavy atom. The van der Waals surface area contributed by atoms with E-state index in [0.717, 1.165) is 22.5 Å². The van der Waals surface area contributed by atoms with E-state index in [4.69, 9.17) is 4.74 Å². The predicted molar refractivity (Wildman–Crippen MR) is 102 cm³/mol. The third kappa shape index (κ3) is 3.69. The molecule has 0 unspecified atom stereocenters. The largest absolute Gasteiger partial charge is 0.494 e. The Balaban J connectivity index is 1.81. The number of aryl methyl sites for hydroxylation is 1. The van der Waals surface area contributed by atoms with E-state index < -0.39 is 5.82 Å². The van der Waals surface area contributed by atoms with Crippen LogP contribution in [-0.2, 0) is 0 Å². The second-order valence-corrected chi connectivity index (χ2v) is 6.43. The minimum atomic E-state index is -0.568. The van der Waals surface area contributed by atoms with E-state index >= 15 is 0 Å². The van der Waals surface area contributed by atoms with Gasteiger partial charge in [-0.05, 0) is 50.6 Å². The van der Waals surface area contributed by atoms with Gasteiger partial charge in [-0.1, -0.05) is 18.2 Å². The van der Waals surface area contributed by atoms with Crippen molar-refractivity contribution in [1.29, 1.82) is 0 Å². The molecule has 1 N–H and O–H groups in total. The van der Waals surface area contributed by atoms with Gasteiger partial charge in [-0.25, -0.2) is 9.07 Å². The fourth-order valence-corrected chi connectivity index (χ4v) is 3.06. The first-order valence-corrected chi connectivity index (χ1v) is 8.67. The highest BCUT2D eigenvalue weighted by Gasteiger charge is 2.18. The van der Waals surface area contributed by atoms with Gasteiger partial charge in [0.25, 0.3) is 5.91 Å². The zero-order valence-electron chi connectivity index (χ0n) is 15.8. The number of methoxy groups -OCH3 is 1. The number of carbonyl (C=O) groups is 1. The average molecular weight is 367 g/mol. The Hall–Kier alpha value is -3.15. The molecule has 2 aromatic carbocycles. The number of rotatable bonds is 5. The molecule has 0 radical (unpaired) electrons. The number of halogens is 1. The summed E-state index contributed by atoms with van der Waals surface area (Å²) in [5, 5.41) is 7.37. The molecule has 0 bridgehead atoms.